The molecule has 0 fully saturated rings. The number of benzene rings is 1. The molecule has 72 valence electrons. The lowest BCUT2D eigenvalue weighted by Gasteiger charge is -2.10. The van der Waals surface area contributed by atoms with E-state index in [0.29, 0.717) is 12.3 Å². The first-order valence-electron chi connectivity index (χ1n) is 4.29. The van der Waals surface area contributed by atoms with E-state index in [-0.39, 0.29) is 6.61 Å². The molecule has 1 atom stereocenters. The first-order valence-corrected chi connectivity index (χ1v) is 4.29. The topological polar surface area (TPSA) is 35.2 Å². The van der Waals surface area contributed by atoms with Crippen molar-refractivity contribution in [1.82, 2.24) is 0 Å². The molecule has 1 aromatic carbocycles. The second-order valence-corrected chi connectivity index (χ2v) is 2.90. The van der Waals surface area contributed by atoms with E-state index in [0.717, 1.165) is 5.56 Å². The maximum atomic E-state index is 12.5. The van der Waals surface area contributed by atoms with Crippen LogP contribution in [0.4, 0.5) is 4.39 Å². The van der Waals surface area contributed by atoms with E-state index < -0.39 is 6.17 Å². The van der Waals surface area contributed by atoms with Crippen molar-refractivity contribution in [2.45, 2.75) is 19.6 Å². The van der Waals surface area contributed by atoms with Crippen LogP contribution in [0.15, 0.2) is 24.3 Å². The Kier molecular flexibility index (Phi) is 3.71. The molecule has 2 nitrogen and oxygen atoms in total. The third kappa shape index (κ3) is 3.03. The summed E-state index contributed by atoms with van der Waals surface area (Å²) >= 11 is 0. The van der Waals surface area contributed by atoms with E-state index in [1.165, 1.54) is 6.92 Å². The minimum atomic E-state index is -0.953. The highest BCUT2D eigenvalue weighted by Crippen LogP contribution is 2.17. The molecule has 3 heteroatoms. The number of halogens is 1. The average Bonchev–Trinajstić information content (AvgIpc) is 2.15. The second-order valence-electron chi connectivity index (χ2n) is 2.90. The van der Waals surface area contributed by atoms with Gasteiger partial charge in [0.15, 0.2) is 0 Å². The lowest BCUT2D eigenvalue weighted by Crippen LogP contribution is -2.10. The number of para-hydroxylation sites is 1. The summed E-state index contributed by atoms with van der Waals surface area (Å²) in [4.78, 5) is 0. The van der Waals surface area contributed by atoms with Crippen molar-refractivity contribution >= 4 is 0 Å². The molecular formula is C10H14FNO. The normalized spacial score (nSPS) is 12.5. The van der Waals surface area contributed by atoms with E-state index in [9.17, 15) is 4.39 Å². The summed E-state index contributed by atoms with van der Waals surface area (Å²) in [6, 6.07) is 7.40. The lowest BCUT2D eigenvalue weighted by atomic mass is 10.2. The summed E-state index contributed by atoms with van der Waals surface area (Å²) < 4.78 is 17.7. The average molecular weight is 183 g/mol. The summed E-state index contributed by atoms with van der Waals surface area (Å²) in [5, 5.41) is 0. The van der Waals surface area contributed by atoms with Gasteiger partial charge in [-0.25, -0.2) is 4.39 Å². The lowest BCUT2D eigenvalue weighted by molar-refractivity contribution is 0.208. The van der Waals surface area contributed by atoms with Crippen molar-refractivity contribution in [1.29, 1.82) is 0 Å². The van der Waals surface area contributed by atoms with Crippen molar-refractivity contribution in [3.63, 3.8) is 0 Å². The Balaban J connectivity index is 2.64. The van der Waals surface area contributed by atoms with Crippen LogP contribution in [0.3, 0.4) is 0 Å². The summed E-state index contributed by atoms with van der Waals surface area (Å²) in [7, 11) is 0. The van der Waals surface area contributed by atoms with Crippen molar-refractivity contribution in [3.05, 3.63) is 29.8 Å². The third-order valence-electron chi connectivity index (χ3n) is 1.66. The summed E-state index contributed by atoms with van der Waals surface area (Å²) in [5.41, 5.74) is 6.39. The largest absolute Gasteiger partial charge is 0.490 e. The number of nitrogens with two attached hydrogens (primary N) is 1. The van der Waals surface area contributed by atoms with Crippen LogP contribution in [-0.2, 0) is 6.54 Å². The zero-order valence-corrected chi connectivity index (χ0v) is 7.66. The smallest absolute Gasteiger partial charge is 0.131 e. The van der Waals surface area contributed by atoms with Crippen LogP contribution < -0.4 is 10.5 Å². The molecule has 0 spiro atoms. The number of alkyl halides is 1. The highest BCUT2D eigenvalue weighted by molar-refractivity contribution is 5.32. The Bertz CT molecular complexity index is 263. The van der Waals surface area contributed by atoms with Crippen molar-refractivity contribution < 1.29 is 9.13 Å². The van der Waals surface area contributed by atoms with Crippen LogP contribution in [0.2, 0.25) is 0 Å². The highest BCUT2D eigenvalue weighted by Gasteiger charge is 2.03. The maximum Gasteiger partial charge on any atom is 0.131 e. The van der Waals surface area contributed by atoms with E-state index in [2.05, 4.69) is 0 Å². The van der Waals surface area contributed by atoms with Gasteiger partial charge in [-0.15, -0.1) is 0 Å². The molecule has 13 heavy (non-hydrogen) atoms. The molecular weight excluding hydrogens is 169 g/mol. The Hall–Kier alpha value is -1.09. The molecule has 0 saturated heterocycles. The summed E-state index contributed by atoms with van der Waals surface area (Å²) in [5.74, 6) is 0.675. The molecule has 0 amide bonds. The van der Waals surface area contributed by atoms with Gasteiger partial charge in [0, 0.05) is 12.1 Å². The monoisotopic (exact) mass is 183 g/mol. The first kappa shape index (κ1) is 9.99. The predicted octanol–water partition coefficient (Wildman–Crippen LogP) is 1.88. The molecule has 0 aromatic heterocycles. The minimum Gasteiger partial charge on any atom is -0.490 e. The fourth-order valence-corrected chi connectivity index (χ4v) is 1.02. The van der Waals surface area contributed by atoms with Crippen LogP contribution in [0.5, 0.6) is 5.75 Å². The summed E-state index contributed by atoms with van der Waals surface area (Å²) in [6.07, 6.45) is -0.953. The molecule has 0 aliphatic carbocycles. The fraction of sp³-hybridized carbons (Fsp3) is 0.400. The highest BCUT2D eigenvalue weighted by atomic mass is 19.1. The standard InChI is InChI=1S/C10H14FNO/c1-8(11)7-13-10-5-3-2-4-9(10)6-12/h2-5,8H,6-7,12H2,1H3. The van der Waals surface area contributed by atoms with Crippen LogP contribution >= 0.6 is 0 Å². The van der Waals surface area contributed by atoms with Gasteiger partial charge in [0.2, 0.25) is 0 Å². The van der Waals surface area contributed by atoms with Gasteiger partial charge >= 0.3 is 0 Å². The zero-order valence-electron chi connectivity index (χ0n) is 7.66. The summed E-state index contributed by atoms with van der Waals surface area (Å²) in [6.45, 7) is 1.96. The minimum absolute atomic E-state index is 0.0804. The molecule has 0 aliphatic rings. The van der Waals surface area contributed by atoms with Gasteiger partial charge in [0.1, 0.15) is 18.5 Å². The number of ether oxygens (including phenoxy) is 1. The van der Waals surface area contributed by atoms with E-state index in [1.807, 2.05) is 18.2 Å². The number of hydrogen-bond acceptors (Lipinski definition) is 2. The molecule has 2 N–H and O–H groups in total. The van der Waals surface area contributed by atoms with Gasteiger partial charge in [-0.1, -0.05) is 18.2 Å². The maximum absolute atomic E-state index is 12.5. The van der Waals surface area contributed by atoms with E-state index in [1.54, 1.807) is 6.07 Å². The van der Waals surface area contributed by atoms with Crippen LogP contribution in [0.1, 0.15) is 12.5 Å². The SMILES string of the molecule is CC(F)COc1ccccc1CN. The number of rotatable bonds is 4. The second kappa shape index (κ2) is 4.82. The molecule has 0 radical (unpaired) electrons. The molecule has 1 unspecified atom stereocenters. The van der Waals surface area contributed by atoms with Gasteiger partial charge in [-0.05, 0) is 13.0 Å². The Labute approximate surface area is 77.5 Å². The molecule has 0 aliphatic heterocycles. The van der Waals surface area contributed by atoms with E-state index in [4.69, 9.17) is 10.5 Å². The van der Waals surface area contributed by atoms with Crippen LogP contribution in [0.25, 0.3) is 0 Å². The van der Waals surface area contributed by atoms with Crippen molar-refractivity contribution in [2.24, 2.45) is 5.73 Å². The van der Waals surface area contributed by atoms with Gasteiger partial charge in [0.05, 0.1) is 0 Å². The quantitative estimate of drug-likeness (QED) is 0.773. The molecule has 0 heterocycles. The Morgan fingerprint density at radius 1 is 1.46 bits per heavy atom. The van der Waals surface area contributed by atoms with Crippen molar-refractivity contribution in [2.75, 3.05) is 6.61 Å². The van der Waals surface area contributed by atoms with Gasteiger partial charge in [-0.2, -0.15) is 0 Å². The first-order chi connectivity index (χ1) is 6.24. The van der Waals surface area contributed by atoms with Gasteiger partial charge in [0.25, 0.3) is 0 Å². The van der Waals surface area contributed by atoms with E-state index >= 15 is 0 Å². The zero-order chi connectivity index (χ0) is 9.68. The Morgan fingerprint density at radius 2 is 2.15 bits per heavy atom. The molecule has 1 aromatic rings. The van der Waals surface area contributed by atoms with Crippen molar-refractivity contribution in [3.8, 4) is 5.75 Å². The predicted molar refractivity (Wildman–Crippen MR) is 50.4 cm³/mol. The molecule has 0 bridgehead atoms. The molecule has 1 rings (SSSR count). The van der Waals surface area contributed by atoms with Gasteiger partial charge < -0.3 is 10.5 Å². The van der Waals surface area contributed by atoms with Gasteiger partial charge in [-0.3, -0.25) is 0 Å². The number of hydrogen-bond donors (Lipinski definition) is 1. The Morgan fingerprint density at radius 3 is 2.77 bits per heavy atom. The third-order valence-corrected chi connectivity index (χ3v) is 1.66. The fourth-order valence-electron chi connectivity index (χ4n) is 1.02. The van der Waals surface area contributed by atoms with Crippen LogP contribution in [-0.4, -0.2) is 12.8 Å². The molecule has 0 saturated carbocycles. The van der Waals surface area contributed by atoms with Crippen LogP contribution in [0, 0.1) is 0 Å².